The largest absolute Gasteiger partial charge is 0.318 e. The van der Waals surface area contributed by atoms with E-state index in [4.69, 9.17) is 10.7 Å². The topological polar surface area (TPSA) is 56.7 Å². The number of thiazole rings is 1. The summed E-state index contributed by atoms with van der Waals surface area (Å²) in [6.45, 7) is 10.7. The van der Waals surface area contributed by atoms with E-state index in [2.05, 4.69) is 39.7 Å². The van der Waals surface area contributed by atoms with Crippen LogP contribution in [0.3, 0.4) is 0 Å². The summed E-state index contributed by atoms with van der Waals surface area (Å²) in [5.41, 5.74) is 9.73. The van der Waals surface area contributed by atoms with Crippen LogP contribution in [-0.4, -0.2) is 14.8 Å². The molecule has 2 heterocycles. The van der Waals surface area contributed by atoms with E-state index in [1.165, 1.54) is 4.88 Å². The summed E-state index contributed by atoms with van der Waals surface area (Å²) in [4.78, 5) is 5.96. The molecule has 0 bridgehead atoms. The minimum atomic E-state index is -0.193. The molecule has 0 aliphatic carbocycles. The summed E-state index contributed by atoms with van der Waals surface area (Å²) in [7, 11) is 1.94. The molecule has 1 atom stereocenters. The van der Waals surface area contributed by atoms with Gasteiger partial charge in [0.2, 0.25) is 0 Å². The molecule has 4 nitrogen and oxygen atoms in total. The molecule has 0 aromatic carbocycles. The zero-order valence-corrected chi connectivity index (χ0v) is 14.0. The first-order valence-electron chi connectivity index (χ1n) is 6.99. The van der Waals surface area contributed by atoms with Crippen LogP contribution >= 0.6 is 11.3 Å². The van der Waals surface area contributed by atoms with Gasteiger partial charge in [-0.1, -0.05) is 27.7 Å². The van der Waals surface area contributed by atoms with Crippen LogP contribution in [-0.2, 0) is 18.9 Å². The van der Waals surface area contributed by atoms with E-state index in [0.29, 0.717) is 0 Å². The molecule has 2 N–H and O–H groups in total. The second-order valence-corrected chi connectivity index (χ2v) is 7.48. The lowest BCUT2D eigenvalue weighted by Gasteiger charge is -2.19. The van der Waals surface area contributed by atoms with Crippen molar-refractivity contribution in [2.24, 2.45) is 12.8 Å². The molecule has 20 heavy (non-hydrogen) atoms. The van der Waals surface area contributed by atoms with Crippen molar-refractivity contribution in [2.75, 3.05) is 0 Å². The van der Waals surface area contributed by atoms with Crippen molar-refractivity contribution in [3.63, 3.8) is 0 Å². The fraction of sp³-hybridized carbons (Fsp3) is 0.600. The molecule has 1 unspecified atom stereocenters. The first-order chi connectivity index (χ1) is 9.24. The molecule has 0 spiro atoms. The molecule has 0 saturated carbocycles. The Morgan fingerprint density at radius 2 is 2.05 bits per heavy atom. The van der Waals surface area contributed by atoms with E-state index in [9.17, 15) is 0 Å². The summed E-state index contributed by atoms with van der Waals surface area (Å²) in [6, 6.07) is -0.193. The standard InChI is InChI=1S/C15H24N4S/c1-7-11-9(2)20-14(17-11)12(16)10-8-19(6)18-13(10)15(3,4)5/h8,12H,7,16H2,1-6H3. The molecular formula is C15H24N4S. The van der Waals surface area contributed by atoms with Gasteiger partial charge in [0.1, 0.15) is 5.01 Å². The molecule has 2 rings (SSSR count). The van der Waals surface area contributed by atoms with Crippen LogP contribution in [0.15, 0.2) is 6.20 Å². The maximum absolute atomic E-state index is 6.46. The minimum absolute atomic E-state index is 0.0197. The Morgan fingerprint density at radius 3 is 2.55 bits per heavy atom. The third kappa shape index (κ3) is 2.79. The van der Waals surface area contributed by atoms with Crippen molar-refractivity contribution < 1.29 is 0 Å². The monoisotopic (exact) mass is 292 g/mol. The highest BCUT2D eigenvalue weighted by Gasteiger charge is 2.27. The molecule has 0 fully saturated rings. The number of nitrogens with zero attached hydrogens (tertiary/aromatic N) is 3. The van der Waals surface area contributed by atoms with Crippen molar-refractivity contribution in [3.8, 4) is 0 Å². The van der Waals surface area contributed by atoms with Gasteiger partial charge in [0.15, 0.2) is 0 Å². The molecule has 110 valence electrons. The highest BCUT2D eigenvalue weighted by Crippen LogP contribution is 2.32. The van der Waals surface area contributed by atoms with E-state index in [0.717, 1.165) is 28.4 Å². The quantitative estimate of drug-likeness (QED) is 0.945. The zero-order chi connectivity index (χ0) is 15.1. The molecule has 0 saturated heterocycles. The Labute approximate surface area is 125 Å². The van der Waals surface area contributed by atoms with Gasteiger partial charge in [0.05, 0.1) is 17.4 Å². The molecular weight excluding hydrogens is 268 g/mol. The lowest BCUT2D eigenvalue weighted by molar-refractivity contribution is 0.545. The molecule has 0 amide bonds. The van der Waals surface area contributed by atoms with Crippen molar-refractivity contribution in [3.05, 3.63) is 33.0 Å². The number of aryl methyl sites for hydroxylation is 3. The van der Waals surface area contributed by atoms with Gasteiger partial charge in [0.25, 0.3) is 0 Å². The van der Waals surface area contributed by atoms with Crippen LogP contribution in [0.2, 0.25) is 0 Å². The molecule has 2 aromatic rings. The molecule has 0 radical (unpaired) electrons. The van der Waals surface area contributed by atoms with Gasteiger partial charge in [-0.15, -0.1) is 11.3 Å². The Morgan fingerprint density at radius 1 is 1.40 bits per heavy atom. The Kier molecular flexibility index (Phi) is 4.02. The summed E-state index contributed by atoms with van der Waals surface area (Å²) < 4.78 is 1.84. The normalized spacial score (nSPS) is 13.8. The first-order valence-corrected chi connectivity index (χ1v) is 7.81. The van der Waals surface area contributed by atoms with Gasteiger partial charge in [-0.3, -0.25) is 4.68 Å². The van der Waals surface area contributed by atoms with Crippen molar-refractivity contribution in [1.82, 2.24) is 14.8 Å². The van der Waals surface area contributed by atoms with Gasteiger partial charge in [-0.05, 0) is 13.3 Å². The Hall–Kier alpha value is -1.20. The lowest BCUT2D eigenvalue weighted by Crippen LogP contribution is -2.20. The van der Waals surface area contributed by atoms with Crippen LogP contribution in [0.4, 0.5) is 0 Å². The Bertz CT molecular complexity index is 604. The van der Waals surface area contributed by atoms with E-state index in [1.54, 1.807) is 11.3 Å². The summed E-state index contributed by atoms with van der Waals surface area (Å²) in [6.07, 6.45) is 2.97. The fourth-order valence-electron chi connectivity index (χ4n) is 2.36. The number of nitrogens with two attached hydrogens (primary N) is 1. The van der Waals surface area contributed by atoms with Gasteiger partial charge in [-0.2, -0.15) is 5.10 Å². The van der Waals surface area contributed by atoms with E-state index in [-0.39, 0.29) is 11.5 Å². The van der Waals surface area contributed by atoms with Crippen molar-refractivity contribution in [2.45, 2.75) is 52.5 Å². The molecule has 0 aliphatic rings. The lowest BCUT2D eigenvalue weighted by atomic mass is 9.88. The van der Waals surface area contributed by atoms with E-state index >= 15 is 0 Å². The number of hydrogen-bond acceptors (Lipinski definition) is 4. The first kappa shape index (κ1) is 15.2. The van der Waals surface area contributed by atoms with Crippen LogP contribution in [0, 0.1) is 6.92 Å². The van der Waals surface area contributed by atoms with Crippen molar-refractivity contribution in [1.29, 1.82) is 0 Å². The molecule has 5 heteroatoms. The van der Waals surface area contributed by atoms with Crippen LogP contribution in [0.25, 0.3) is 0 Å². The predicted molar refractivity (Wildman–Crippen MR) is 84.2 cm³/mol. The van der Waals surface area contributed by atoms with Gasteiger partial charge >= 0.3 is 0 Å². The highest BCUT2D eigenvalue weighted by atomic mass is 32.1. The summed E-state index contributed by atoms with van der Waals surface area (Å²) in [5, 5.41) is 5.58. The fourth-order valence-corrected chi connectivity index (χ4v) is 3.39. The predicted octanol–water partition coefficient (Wildman–Crippen LogP) is 3.09. The van der Waals surface area contributed by atoms with E-state index in [1.807, 2.05) is 17.9 Å². The maximum Gasteiger partial charge on any atom is 0.115 e. The average molecular weight is 292 g/mol. The van der Waals surface area contributed by atoms with Gasteiger partial charge in [-0.25, -0.2) is 4.98 Å². The summed E-state index contributed by atoms with van der Waals surface area (Å²) in [5.74, 6) is 0. The third-order valence-electron chi connectivity index (χ3n) is 3.41. The highest BCUT2D eigenvalue weighted by molar-refractivity contribution is 7.11. The minimum Gasteiger partial charge on any atom is -0.318 e. The second-order valence-electron chi connectivity index (χ2n) is 6.24. The SMILES string of the molecule is CCc1nc(C(N)c2cn(C)nc2C(C)(C)C)sc1C. The maximum atomic E-state index is 6.46. The number of hydrogen-bond donors (Lipinski definition) is 1. The average Bonchev–Trinajstić information content (AvgIpc) is 2.91. The van der Waals surface area contributed by atoms with Gasteiger partial charge < -0.3 is 5.73 Å². The van der Waals surface area contributed by atoms with Gasteiger partial charge in [0, 0.05) is 29.1 Å². The zero-order valence-electron chi connectivity index (χ0n) is 13.2. The van der Waals surface area contributed by atoms with Crippen LogP contribution in [0.1, 0.15) is 60.6 Å². The smallest absolute Gasteiger partial charge is 0.115 e. The number of rotatable bonds is 3. The molecule has 2 aromatic heterocycles. The van der Waals surface area contributed by atoms with Crippen LogP contribution < -0.4 is 5.73 Å². The van der Waals surface area contributed by atoms with E-state index < -0.39 is 0 Å². The molecule has 0 aliphatic heterocycles. The van der Waals surface area contributed by atoms with Crippen molar-refractivity contribution >= 4 is 11.3 Å². The Balaban J connectivity index is 2.45. The third-order valence-corrected chi connectivity index (χ3v) is 4.51. The van der Waals surface area contributed by atoms with Crippen LogP contribution in [0.5, 0.6) is 0 Å². The second kappa shape index (κ2) is 5.30. The number of aromatic nitrogens is 3. The summed E-state index contributed by atoms with van der Waals surface area (Å²) >= 11 is 1.70.